The number of H-pyrrole nitrogens is 1. The molecule has 0 aliphatic carbocycles. The van der Waals surface area contributed by atoms with E-state index in [2.05, 4.69) is 346 Å². The van der Waals surface area contributed by atoms with Crippen LogP contribution in [-0.2, 0) is 0 Å². The summed E-state index contributed by atoms with van der Waals surface area (Å²) in [5.41, 5.74) is 25.6. The van der Waals surface area contributed by atoms with E-state index in [9.17, 15) is 0 Å². The van der Waals surface area contributed by atoms with Gasteiger partial charge in [0.15, 0.2) is 11.6 Å². The molecule has 512 valence electrons. The summed E-state index contributed by atoms with van der Waals surface area (Å²) >= 11 is 6.05. The highest BCUT2D eigenvalue weighted by Gasteiger charge is 2.23. The van der Waals surface area contributed by atoms with Crippen molar-refractivity contribution in [1.29, 1.82) is 0 Å². The van der Waals surface area contributed by atoms with Gasteiger partial charge in [0.2, 0.25) is 0 Å². The second kappa shape index (κ2) is 27.3. The number of fused-ring (bicyclic) bond motifs is 16. The molecule has 0 radical (unpaired) electrons. The first kappa shape index (κ1) is 64.3. The molecule has 0 aliphatic rings. The summed E-state index contributed by atoms with van der Waals surface area (Å²) in [5.74, 6) is 1.41. The summed E-state index contributed by atoms with van der Waals surface area (Å²) in [6.45, 7) is 0. The van der Waals surface area contributed by atoms with Gasteiger partial charge in [-0.3, -0.25) is 0 Å². The normalized spacial score (nSPS) is 11.5. The number of hydrogen-bond acceptors (Lipinski definition) is 4. The van der Waals surface area contributed by atoms with Crippen LogP contribution in [0.1, 0.15) is 0 Å². The van der Waals surface area contributed by atoms with Gasteiger partial charge in [0.25, 0.3) is 0 Å². The lowest BCUT2D eigenvalue weighted by Gasteiger charge is -2.12. The van der Waals surface area contributed by atoms with Crippen LogP contribution in [-0.4, -0.2) is 38.6 Å². The monoisotopic (exact) mass is 1410 g/mol. The summed E-state index contributed by atoms with van der Waals surface area (Å²) < 4.78 is 7.15. The Morgan fingerprint density at radius 1 is 0.202 bits per heavy atom. The van der Waals surface area contributed by atoms with Gasteiger partial charge in [0, 0.05) is 109 Å². The van der Waals surface area contributed by atoms with Gasteiger partial charge in [-0.25, -0.2) is 19.9 Å². The van der Waals surface area contributed by atoms with Crippen LogP contribution in [0.4, 0.5) is 0 Å². The van der Waals surface area contributed by atoms with E-state index in [1.807, 2.05) is 60.7 Å². The third-order valence-corrected chi connectivity index (χ3v) is 21.3. The van der Waals surface area contributed by atoms with Crippen LogP contribution >= 0.6 is 11.6 Å². The Morgan fingerprint density at radius 2 is 0.514 bits per heavy atom. The third kappa shape index (κ3) is 11.5. The number of hydrogen-bond donors (Lipinski definition) is 1. The fraction of sp³-hybridized carbons (Fsp3) is 0. The van der Waals surface area contributed by atoms with Crippen LogP contribution in [0.3, 0.4) is 0 Å². The van der Waals surface area contributed by atoms with Crippen LogP contribution in [0.2, 0.25) is 5.02 Å². The van der Waals surface area contributed by atoms with E-state index in [1.165, 1.54) is 115 Å². The van der Waals surface area contributed by atoms with Crippen molar-refractivity contribution in [1.82, 2.24) is 38.6 Å². The standard InChI is InChI=1S/C50H32N4.C26H17ClN2.C24H16N2/c1-3-13-33(14-4-1)34-23-25-35(26-24-34)49-39-17-7-10-20-42(39)51-50(52-49)36-27-29-38(30-28-36)54-44-22-12-9-19-41(44)48-46(54)32-31-45-47(48)40-18-8-11-21-43(40)53(45)37-15-5-2-6-16-37;27-22-16-14-21(15-17-22)26-28-24-9-5-4-8-23(24)25(29-26)20-12-10-19(11-13-20)18-6-2-1-3-7-18;1-2-8-16(9-3-1)26-21-13-7-5-11-18(21)24-22(26)15-14-20-23(24)17-10-4-6-12-19(17)25-20/h1-32H;1-17H;1-15,25H. The Hall–Kier alpha value is -14.3. The maximum Gasteiger partial charge on any atom is 0.160 e. The molecule has 0 saturated heterocycles. The number of aromatic amines is 1. The largest absolute Gasteiger partial charge is 0.354 e. The quantitative estimate of drug-likeness (QED) is 0.156. The van der Waals surface area contributed by atoms with E-state index in [4.69, 9.17) is 31.5 Å². The first-order chi connectivity index (χ1) is 54.0. The average Bonchev–Trinajstić information content (AvgIpc) is 1.56. The molecule has 0 fully saturated rings. The molecule has 0 spiro atoms. The van der Waals surface area contributed by atoms with Gasteiger partial charge in [0.05, 0.1) is 55.5 Å². The molecule has 0 amide bonds. The topological polar surface area (TPSA) is 82.1 Å². The first-order valence-electron chi connectivity index (χ1n) is 36.7. The van der Waals surface area contributed by atoms with Crippen molar-refractivity contribution in [2.45, 2.75) is 0 Å². The molecular weight excluding hydrogens is 1350 g/mol. The van der Waals surface area contributed by atoms with Gasteiger partial charge in [-0.2, -0.15) is 0 Å². The van der Waals surface area contributed by atoms with Gasteiger partial charge in [-0.05, 0) is 156 Å². The number of aromatic nitrogens is 8. The van der Waals surface area contributed by atoms with Crippen molar-refractivity contribution in [3.05, 3.63) is 393 Å². The SMILES string of the molecule is Clc1ccc(-c2nc(-c3ccc(-c4ccccc4)cc3)c3ccccc3n2)cc1.c1ccc(-c2ccc(-c3nc(-c4ccc(-n5c6ccccc6c6c7c8ccccc8n(-c8ccccc8)c7ccc65)cc4)nc4ccccc34)cc2)cc1.c1ccc(-n2c3ccccc3c3c4c(ccc32)[nH]c2ccccc24)cc1. The highest BCUT2D eigenvalue weighted by Crippen LogP contribution is 2.44. The Balaban J connectivity index is 0.000000119. The number of nitrogens with one attached hydrogen (secondary N) is 1. The van der Waals surface area contributed by atoms with Gasteiger partial charge in [-0.1, -0.05) is 266 Å². The Kier molecular flexibility index (Phi) is 16.1. The van der Waals surface area contributed by atoms with Crippen LogP contribution in [0.5, 0.6) is 0 Å². The zero-order valence-corrected chi connectivity index (χ0v) is 59.7. The van der Waals surface area contributed by atoms with E-state index in [-0.39, 0.29) is 0 Å². The molecule has 1 N–H and O–H groups in total. The van der Waals surface area contributed by atoms with E-state index in [0.717, 1.165) is 66.8 Å². The molecular formula is C100H65ClN8. The number of rotatable bonds is 9. The predicted molar refractivity (Wildman–Crippen MR) is 456 cm³/mol. The third-order valence-electron chi connectivity index (χ3n) is 21.0. The lowest BCUT2D eigenvalue weighted by Crippen LogP contribution is -1.97. The van der Waals surface area contributed by atoms with Crippen molar-refractivity contribution in [3.63, 3.8) is 0 Å². The zero-order chi connectivity index (χ0) is 72.3. The lowest BCUT2D eigenvalue weighted by molar-refractivity contribution is 1.17. The molecule has 9 heteroatoms. The lowest BCUT2D eigenvalue weighted by atomic mass is 10.0. The highest BCUT2D eigenvalue weighted by molar-refractivity contribution is 6.31. The molecule has 6 heterocycles. The molecule has 6 aromatic heterocycles. The smallest absolute Gasteiger partial charge is 0.160 e. The van der Waals surface area contributed by atoms with Gasteiger partial charge < -0.3 is 18.7 Å². The van der Waals surface area contributed by atoms with Gasteiger partial charge in [0.1, 0.15) is 0 Å². The van der Waals surface area contributed by atoms with E-state index >= 15 is 0 Å². The van der Waals surface area contributed by atoms with Gasteiger partial charge >= 0.3 is 0 Å². The minimum atomic E-state index is 0.697. The first-order valence-corrected chi connectivity index (χ1v) is 37.1. The number of benzene rings is 16. The second-order valence-corrected chi connectivity index (χ2v) is 27.8. The van der Waals surface area contributed by atoms with Crippen molar-refractivity contribution < 1.29 is 0 Å². The summed E-state index contributed by atoms with van der Waals surface area (Å²) in [5, 5.41) is 13.0. The maximum absolute atomic E-state index is 6.05. The molecule has 16 aromatic carbocycles. The minimum absolute atomic E-state index is 0.697. The minimum Gasteiger partial charge on any atom is -0.354 e. The Morgan fingerprint density at radius 3 is 0.954 bits per heavy atom. The molecule has 22 rings (SSSR count). The molecule has 109 heavy (non-hydrogen) atoms. The van der Waals surface area contributed by atoms with Crippen molar-refractivity contribution in [3.8, 4) is 84.6 Å². The fourth-order valence-corrected chi connectivity index (χ4v) is 16.1. The molecule has 0 bridgehead atoms. The predicted octanol–water partition coefficient (Wildman–Crippen LogP) is 26.5. The number of nitrogens with zero attached hydrogens (tertiary/aromatic N) is 7. The Labute approximate surface area is 633 Å². The summed E-state index contributed by atoms with van der Waals surface area (Å²) in [6, 6.07) is 136. The van der Waals surface area contributed by atoms with Crippen molar-refractivity contribution in [2.75, 3.05) is 0 Å². The summed E-state index contributed by atoms with van der Waals surface area (Å²) in [6.07, 6.45) is 0. The maximum atomic E-state index is 6.05. The zero-order valence-electron chi connectivity index (χ0n) is 59.0. The molecule has 0 saturated carbocycles. The molecule has 0 aliphatic heterocycles. The van der Waals surface area contributed by atoms with E-state index in [1.54, 1.807) is 0 Å². The van der Waals surface area contributed by atoms with Crippen molar-refractivity contribution >= 4 is 121 Å². The molecule has 8 nitrogen and oxygen atoms in total. The molecule has 0 atom stereocenters. The van der Waals surface area contributed by atoms with Crippen LogP contribution in [0.25, 0.3) is 194 Å². The van der Waals surface area contributed by atoms with Crippen LogP contribution in [0.15, 0.2) is 388 Å². The van der Waals surface area contributed by atoms with Crippen LogP contribution < -0.4 is 0 Å². The van der Waals surface area contributed by atoms with E-state index in [0.29, 0.717) is 16.7 Å². The summed E-state index contributed by atoms with van der Waals surface area (Å²) in [4.78, 5) is 23.5. The highest BCUT2D eigenvalue weighted by atomic mass is 35.5. The average molecular weight is 1410 g/mol. The second-order valence-electron chi connectivity index (χ2n) is 27.4. The van der Waals surface area contributed by atoms with Gasteiger partial charge in [-0.15, -0.1) is 0 Å². The van der Waals surface area contributed by atoms with E-state index < -0.39 is 0 Å². The summed E-state index contributed by atoms with van der Waals surface area (Å²) in [7, 11) is 0. The number of para-hydroxylation sites is 8. The molecule has 22 aromatic rings. The van der Waals surface area contributed by atoms with Crippen LogP contribution in [0, 0.1) is 0 Å². The Bertz CT molecular complexity index is 7170. The number of halogens is 1. The molecule has 0 unspecified atom stereocenters. The fourth-order valence-electron chi connectivity index (χ4n) is 16.0. The van der Waals surface area contributed by atoms with Crippen molar-refractivity contribution in [2.24, 2.45) is 0 Å².